The van der Waals surface area contributed by atoms with Crippen molar-refractivity contribution in [2.45, 2.75) is 38.6 Å². The molecule has 1 aromatic carbocycles. The Kier molecular flexibility index (Phi) is 3.92. The molecule has 2 heterocycles. The second-order valence-electron chi connectivity index (χ2n) is 6.25. The number of imidazole rings is 1. The lowest BCUT2D eigenvalue weighted by molar-refractivity contribution is 0.413. The number of fused-ring (bicyclic) bond motifs is 1. The maximum absolute atomic E-state index is 14.6. The van der Waals surface area contributed by atoms with Crippen LogP contribution in [-0.2, 0) is 0 Å². The van der Waals surface area contributed by atoms with Gasteiger partial charge in [0.05, 0.1) is 12.7 Å². The molecule has 1 saturated carbocycles. The number of halogens is 1. The molecule has 0 radical (unpaired) electrons. The summed E-state index contributed by atoms with van der Waals surface area (Å²) in [5, 5.41) is 5.70. The molecule has 0 atom stereocenters. The molecule has 0 bridgehead atoms. The number of aromatic nitrogens is 2. The number of anilines is 1. The van der Waals surface area contributed by atoms with E-state index >= 15 is 0 Å². The van der Waals surface area contributed by atoms with Gasteiger partial charge >= 0.3 is 0 Å². The van der Waals surface area contributed by atoms with Crippen LogP contribution in [0.5, 0.6) is 5.75 Å². The van der Waals surface area contributed by atoms with Crippen molar-refractivity contribution in [3.8, 4) is 17.0 Å². The Morgan fingerprint density at radius 1 is 1.33 bits per heavy atom. The van der Waals surface area contributed by atoms with Crippen molar-refractivity contribution in [1.82, 2.24) is 9.38 Å². The van der Waals surface area contributed by atoms with Gasteiger partial charge in [0.25, 0.3) is 0 Å². The van der Waals surface area contributed by atoms with Crippen molar-refractivity contribution >= 4 is 22.1 Å². The van der Waals surface area contributed by atoms with Crippen LogP contribution in [0.15, 0.2) is 23.6 Å². The van der Waals surface area contributed by atoms with E-state index in [-0.39, 0.29) is 5.82 Å². The zero-order chi connectivity index (χ0) is 16.7. The number of rotatable bonds is 4. The molecule has 0 unspecified atom stereocenters. The molecule has 4 rings (SSSR count). The van der Waals surface area contributed by atoms with E-state index in [0.717, 1.165) is 29.3 Å². The minimum absolute atomic E-state index is 0.313. The quantitative estimate of drug-likeness (QED) is 0.733. The van der Waals surface area contributed by atoms with Gasteiger partial charge in [-0.3, -0.25) is 4.40 Å². The lowest BCUT2D eigenvalue weighted by Crippen LogP contribution is -2.16. The van der Waals surface area contributed by atoms with E-state index < -0.39 is 0 Å². The highest BCUT2D eigenvalue weighted by molar-refractivity contribution is 7.15. The van der Waals surface area contributed by atoms with Crippen molar-refractivity contribution < 1.29 is 9.13 Å². The van der Waals surface area contributed by atoms with Gasteiger partial charge in [0.2, 0.25) is 0 Å². The van der Waals surface area contributed by atoms with Crippen LogP contribution in [0.4, 0.5) is 10.2 Å². The molecule has 0 amide bonds. The maximum atomic E-state index is 14.6. The molecule has 0 saturated heterocycles. The normalized spacial score (nSPS) is 15.3. The molecule has 1 N–H and O–H groups in total. The second-order valence-corrected chi connectivity index (χ2v) is 7.08. The van der Waals surface area contributed by atoms with Gasteiger partial charge in [0.15, 0.2) is 4.96 Å². The summed E-state index contributed by atoms with van der Waals surface area (Å²) >= 11 is 1.57. The van der Waals surface area contributed by atoms with Crippen LogP contribution < -0.4 is 10.1 Å². The Hall–Kier alpha value is -2.08. The van der Waals surface area contributed by atoms with E-state index in [4.69, 9.17) is 9.72 Å². The van der Waals surface area contributed by atoms with Crippen LogP contribution in [0.3, 0.4) is 0 Å². The van der Waals surface area contributed by atoms with Gasteiger partial charge in [-0.25, -0.2) is 9.37 Å². The van der Waals surface area contributed by atoms with Crippen LogP contribution in [0.25, 0.3) is 16.2 Å². The van der Waals surface area contributed by atoms with E-state index in [2.05, 4.69) is 15.1 Å². The maximum Gasteiger partial charge on any atom is 0.196 e. The fourth-order valence-electron chi connectivity index (χ4n) is 3.47. The number of methoxy groups -OCH3 is 1. The van der Waals surface area contributed by atoms with Crippen molar-refractivity contribution in [1.29, 1.82) is 0 Å². The molecule has 2 aromatic heterocycles. The fourth-order valence-corrected chi connectivity index (χ4v) is 4.34. The highest BCUT2D eigenvalue weighted by atomic mass is 32.1. The van der Waals surface area contributed by atoms with Gasteiger partial charge in [-0.15, -0.1) is 11.3 Å². The molecule has 126 valence electrons. The third-order valence-electron chi connectivity index (χ3n) is 4.66. The third-order valence-corrected chi connectivity index (χ3v) is 5.61. The monoisotopic (exact) mass is 345 g/mol. The molecule has 1 fully saturated rings. The molecule has 3 aromatic rings. The molecule has 0 spiro atoms. The summed E-state index contributed by atoms with van der Waals surface area (Å²) in [5.74, 6) is 1.07. The van der Waals surface area contributed by atoms with E-state index in [1.54, 1.807) is 30.6 Å². The van der Waals surface area contributed by atoms with E-state index in [9.17, 15) is 4.39 Å². The van der Waals surface area contributed by atoms with E-state index in [1.807, 2.05) is 6.92 Å². The van der Waals surface area contributed by atoms with E-state index in [0.29, 0.717) is 23.0 Å². The van der Waals surface area contributed by atoms with Crippen LogP contribution in [0.1, 0.15) is 31.4 Å². The summed E-state index contributed by atoms with van der Waals surface area (Å²) in [6, 6.07) is 5.31. The lowest BCUT2D eigenvalue weighted by Gasteiger charge is -2.16. The average molecular weight is 345 g/mol. The molecule has 1 aliphatic rings. The summed E-state index contributed by atoms with van der Waals surface area (Å²) in [6.07, 6.45) is 4.76. The average Bonchev–Trinajstić information content (AvgIpc) is 3.28. The zero-order valence-corrected chi connectivity index (χ0v) is 14.6. The molecule has 4 nitrogen and oxygen atoms in total. The minimum atomic E-state index is -0.313. The number of hydrogen-bond donors (Lipinski definition) is 1. The number of hydrogen-bond acceptors (Lipinski definition) is 4. The Bertz CT molecular complexity index is 880. The van der Waals surface area contributed by atoms with Gasteiger partial charge in [0, 0.05) is 17.1 Å². The Morgan fingerprint density at radius 3 is 2.88 bits per heavy atom. The van der Waals surface area contributed by atoms with Crippen LogP contribution in [-0.4, -0.2) is 22.5 Å². The van der Waals surface area contributed by atoms with E-state index in [1.165, 1.54) is 18.9 Å². The molecule has 6 heteroatoms. The molecular formula is C18H20FN3OS. The minimum Gasteiger partial charge on any atom is -0.496 e. The number of nitrogens with one attached hydrogen (secondary N) is 1. The Labute approximate surface area is 144 Å². The molecule has 24 heavy (non-hydrogen) atoms. The largest absolute Gasteiger partial charge is 0.496 e. The lowest BCUT2D eigenvalue weighted by atomic mass is 10.1. The van der Waals surface area contributed by atoms with Crippen molar-refractivity contribution in [2.75, 3.05) is 12.4 Å². The van der Waals surface area contributed by atoms with Crippen molar-refractivity contribution in [3.63, 3.8) is 0 Å². The summed E-state index contributed by atoms with van der Waals surface area (Å²) in [7, 11) is 1.56. The van der Waals surface area contributed by atoms with Gasteiger partial charge in [-0.2, -0.15) is 0 Å². The zero-order valence-electron chi connectivity index (χ0n) is 13.8. The summed E-state index contributed by atoms with van der Waals surface area (Å²) in [4.78, 5) is 5.58. The first kappa shape index (κ1) is 15.4. The Morgan fingerprint density at radius 2 is 2.12 bits per heavy atom. The van der Waals surface area contributed by atoms with Crippen LogP contribution in [0.2, 0.25) is 0 Å². The first-order valence-corrected chi connectivity index (χ1v) is 9.13. The first-order chi connectivity index (χ1) is 11.7. The van der Waals surface area contributed by atoms with Gasteiger partial charge in [-0.05, 0) is 31.9 Å². The number of nitrogens with zero attached hydrogens (tertiary/aromatic N) is 2. The molecule has 1 aliphatic carbocycles. The molecule has 0 aliphatic heterocycles. The highest BCUT2D eigenvalue weighted by Crippen LogP contribution is 2.39. The van der Waals surface area contributed by atoms with Gasteiger partial charge < -0.3 is 10.1 Å². The SMILES string of the molecule is COc1cccc(F)c1-c1nc2scc(C)n2c1NC1CCCC1. The number of ether oxygens (including phenoxy) is 1. The first-order valence-electron chi connectivity index (χ1n) is 8.25. The standard InChI is InChI=1S/C18H20FN3OS/c1-11-10-24-18-21-16(15-13(19)8-5-9-14(15)23-2)17(22(11)18)20-12-6-3-4-7-12/h5,8-10,12,20H,3-4,6-7H2,1-2H3. The Balaban J connectivity index is 1.92. The van der Waals surface area contributed by atoms with Crippen molar-refractivity contribution in [3.05, 3.63) is 35.1 Å². The van der Waals surface area contributed by atoms with Crippen molar-refractivity contribution in [2.24, 2.45) is 0 Å². The molecular weight excluding hydrogens is 325 g/mol. The highest BCUT2D eigenvalue weighted by Gasteiger charge is 2.25. The fraction of sp³-hybridized carbons (Fsp3) is 0.389. The second kappa shape index (κ2) is 6.09. The predicted molar refractivity (Wildman–Crippen MR) is 95.6 cm³/mol. The number of benzene rings is 1. The smallest absolute Gasteiger partial charge is 0.196 e. The van der Waals surface area contributed by atoms with Crippen LogP contribution in [0, 0.1) is 12.7 Å². The summed E-state index contributed by atoms with van der Waals surface area (Å²) < 4.78 is 22.1. The third kappa shape index (κ3) is 2.45. The summed E-state index contributed by atoms with van der Waals surface area (Å²) in [6.45, 7) is 2.05. The predicted octanol–water partition coefficient (Wildman–Crippen LogP) is 4.87. The van der Waals surface area contributed by atoms with Gasteiger partial charge in [0.1, 0.15) is 23.1 Å². The van der Waals surface area contributed by atoms with Crippen LogP contribution >= 0.6 is 11.3 Å². The number of aryl methyl sites for hydroxylation is 1. The topological polar surface area (TPSA) is 38.6 Å². The van der Waals surface area contributed by atoms with Gasteiger partial charge in [-0.1, -0.05) is 18.9 Å². The summed E-state index contributed by atoms with van der Waals surface area (Å²) in [5.41, 5.74) is 2.16. The number of thiazole rings is 1.